The van der Waals surface area contributed by atoms with Gasteiger partial charge in [0.05, 0.1) is 0 Å². The van der Waals surface area contributed by atoms with Crippen LogP contribution in [0.2, 0.25) is 0 Å². The van der Waals surface area contributed by atoms with Gasteiger partial charge in [0.15, 0.2) is 0 Å². The molecule has 1 rings (SSSR count). The Balaban J connectivity index is 2.19. The molecule has 94 valence electrons. The average Bonchev–Trinajstić information content (AvgIpc) is 2.27. The topological polar surface area (TPSA) is 32.3 Å². The first-order chi connectivity index (χ1) is 7.63. The molecular weight excluding hydrogens is 200 g/mol. The average molecular weight is 226 g/mol. The van der Waals surface area contributed by atoms with E-state index in [1.807, 2.05) is 6.92 Å². The molecule has 0 aliphatic carbocycles. The fourth-order valence-electron chi connectivity index (χ4n) is 2.18. The van der Waals surface area contributed by atoms with E-state index < -0.39 is 0 Å². The van der Waals surface area contributed by atoms with E-state index in [2.05, 4.69) is 24.1 Å². The second-order valence-electron chi connectivity index (χ2n) is 5.12. The summed E-state index contributed by atoms with van der Waals surface area (Å²) in [4.78, 5) is 13.8. The second kappa shape index (κ2) is 6.89. The van der Waals surface area contributed by atoms with Gasteiger partial charge in [-0.15, -0.1) is 0 Å². The molecule has 1 aliphatic heterocycles. The van der Waals surface area contributed by atoms with Gasteiger partial charge in [-0.3, -0.25) is 9.69 Å². The van der Waals surface area contributed by atoms with Crippen molar-refractivity contribution in [2.75, 3.05) is 19.6 Å². The quantitative estimate of drug-likeness (QED) is 0.778. The highest BCUT2D eigenvalue weighted by Crippen LogP contribution is 2.17. The molecule has 1 unspecified atom stereocenters. The monoisotopic (exact) mass is 226 g/mol. The minimum Gasteiger partial charge on any atom is -0.355 e. The summed E-state index contributed by atoms with van der Waals surface area (Å²) in [6, 6.07) is 0.480. The number of hydrogen-bond acceptors (Lipinski definition) is 2. The number of piperidine rings is 1. The van der Waals surface area contributed by atoms with Crippen molar-refractivity contribution in [3.8, 4) is 0 Å². The summed E-state index contributed by atoms with van der Waals surface area (Å²) in [6.07, 6.45) is 4.19. The molecule has 1 fully saturated rings. The zero-order chi connectivity index (χ0) is 12.0. The molecule has 0 bridgehead atoms. The van der Waals surface area contributed by atoms with E-state index in [1.165, 1.54) is 25.9 Å². The Hall–Kier alpha value is -0.570. The first kappa shape index (κ1) is 13.5. The number of carbonyl (C=O) groups excluding carboxylic acids is 1. The smallest absolute Gasteiger partial charge is 0.220 e. The molecule has 1 N–H and O–H groups in total. The molecule has 1 heterocycles. The van der Waals surface area contributed by atoms with E-state index in [4.69, 9.17) is 0 Å². The summed E-state index contributed by atoms with van der Waals surface area (Å²) in [5, 5.41) is 3.01. The first-order valence-corrected chi connectivity index (χ1v) is 6.64. The van der Waals surface area contributed by atoms with Crippen LogP contribution in [0.15, 0.2) is 0 Å². The predicted molar refractivity (Wildman–Crippen MR) is 67.4 cm³/mol. The SMILES string of the molecule is CCCC(=O)NCC(C)N1CCC(C)CC1. The van der Waals surface area contributed by atoms with E-state index in [9.17, 15) is 4.79 Å². The third-order valence-electron chi connectivity index (χ3n) is 3.51. The van der Waals surface area contributed by atoms with Gasteiger partial charge < -0.3 is 5.32 Å². The summed E-state index contributed by atoms with van der Waals surface area (Å²) in [5.41, 5.74) is 0. The second-order valence-corrected chi connectivity index (χ2v) is 5.12. The number of carbonyl (C=O) groups is 1. The van der Waals surface area contributed by atoms with Gasteiger partial charge in [0.1, 0.15) is 0 Å². The van der Waals surface area contributed by atoms with Crippen LogP contribution in [-0.4, -0.2) is 36.5 Å². The highest BCUT2D eigenvalue weighted by atomic mass is 16.1. The zero-order valence-corrected chi connectivity index (χ0v) is 11.0. The summed E-state index contributed by atoms with van der Waals surface area (Å²) >= 11 is 0. The molecule has 1 atom stereocenters. The Kier molecular flexibility index (Phi) is 5.81. The largest absolute Gasteiger partial charge is 0.355 e. The van der Waals surface area contributed by atoms with E-state index in [1.54, 1.807) is 0 Å². The van der Waals surface area contributed by atoms with Gasteiger partial charge in [-0.25, -0.2) is 0 Å². The molecule has 0 aromatic carbocycles. The molecule has 0 aromatic rings. The fourth-order valence-corrected chi connectivity index (χ4v) is 2.18. The lowest BCUT2D eigenvalue weighted by atomic mass is 9.98. The third kappa shape index (κ3) is 4.52. The molecular formula is C13H26N2O. The van der Waals surface area contributed by atoms with Crippen LogP contribution in [0.5, 0.6) is 0 Å². The highest BCUT2D eigenvalue weighted by Gasteiger charge is 2.20. The van der Waals surface area contributed by atoms with Crippen molar-refractivity contribution in [1.29, 1.82) is 0 Å². The molecule has 1 saturated heterocycles. The van der Waals surface area contributed by atoms with Crippen molar-refractivity contribution >= 4 is 5.91 Å². The Morgan fingerprint density at radius 2 is 2.06 bits per heavy atom. The lowest BCUT2D eigenvalue weighted by Gasteiger charge is -2.35. The van der Waals surface area contributed by atoms with Crippen molar-refractivity contribution in [3.05, 3.63) is 0 Å². The molecule has 16 heavy (non-hydrogen) atoms. The Morgan fingerprint density at radius 1 is 1.44 bits per heavy atom. The maximum absolute atomic E-state index is 11.4. The lowest BCUT2D eigenvalue weighted by Crippen LogP contribution is -2.45. The van der Waals surface area contributed by atoms with Gasteiger partial charge in [0.25, 0.3) is 0 Å². The molecule has 0 spiro atoms. The summed E-state index contributed by atoms with van der Waals surface area (Å²) in [5.74, 6) is 1.07. The first-order valence-electron chi connectivity index (χ1n) is 6.64. The van der Waals surface area contributed by atoms with Gasteiger partial charge in [0.2, 0.25) is 5.91 Å². The van der Waals surface area contributed by atoms with Crippen molar-refractivity contribution in [2.24, 2.45) is 5.92 Å². The number of amides is 1. The number of nitrogens with zero attached hydrogens (tertiary/aromatic N) is 1. The van der Waals surface area contributed by atoms with Gasteiger partial charge in [-0.2, -0.15) is 0 Å². The number of likely N-dealkylation sites (tertiary alicyclic amines) is 1. The summed E-state index contributed by atoms with van der Waals surface area (Å²) in [6.45, 7) is 9.74. The fraction of sp³-hybridized carbons (Fsp3) is 0.923. The van der Waals surface area contributed by atoms with Crippen LogP contribution in [0.1, 0.15) is 46.5 Å². The van der Waals surface area contributed by atoms with Gasteiger partial charge >= 0.3 is 0 Å². The molecule has 3 heteroatoms. The number of hydrogen-bond donors (Lipinski definition) is 1. The van der Waals surface area contributed by atoms with Crippen LogP contribution < -0.4 is 5.32 Å². The minimum atomic E-state index is 0.194. The van der Waals surface area contributed by atoms with E-state index in [0.29, 0.717) is 12.5 Å². The molecule has 0 saturated carbocycles. The molecule has 1 aliphatic rings. The van der Waals surface area contributed by atoms with Gasteiger partial charge in [0, 0.05) is 19.0 Å². The Labute approximate surface area is 99.6 Å². The van der Waals surface area contributed by atoms with Crippen LogP contribution in [0.4, 0.5) is 0 Å². The number of nitrogens with one attached hydrogen (secondary N) is 1. The number of rotatable bonds is 5. The Morgan fingerprint density at radius 3 is 2.62 bits per heavy atom. The zero-order valence-electron chi connectivity index (χ0n) is 11.0. The van der Waals surface area contributed by atoms with E-state index in [-0.39, 0.29) is 5.91 Å². The third-order valence-corrected chi connectivity index (χ3v) is 3.51. The molecule has 1 amide bonds. The maximum Gasteiger partial charge on any atom is 0.220 e. The minimum absolute atomic E-state index is 0.194. The van der Waals surface area contributed by atoms with Gasteiger partial charge in [-0.1, -0.05) is 13.8 Å². The van der Waals surface area contributed by atoms with E-state index in [0.717, 1.165) is 18.9 Å². The van der Waals surface area contributed by atoms with Gasteiger partial charge in [-0.05, 0) is 45.2 Å². The van der Waals surface area contributed by atoms with Crippen molar-refractivity contribution in [2.45, 2.75) is 52.5 Å². The molecule has 3 nitrogen and oxygen atoms in total. The Bertz CT molecular complexity index is 210. The maximum atomic E-state index is 11.4. The van der Waals surface area contributed by atoms with Crippen LogP contribution in [0.25, 0.3) is 0 Å². The van der Waals surface area contributed by atoms with Crippen LogP contribution in [0, 0.1) is 5.92 Å². The van der Waals surface area contributed by atoms with Crippen molar-refractivity contribution in [1.82, 2.24) is 10.2 Å². The highest BCUT2D eigenvalue weighted by molar-refractivity contribution is 5.75. The van der Waals surface area contributed by atoms with E-state index >= 15 is 0 Å². The summed E-state index contributed by atoms with van der Waals surface area (Å²) in [7, 11) is 0. The van der Waals surface area contributed by atoms with Crippen LogP contribution in [-0.2, 0) is 4.79 Å². The molecule has 0 aromatic heterocycles. The predicted octanol–water partition coefficient (Wildman–Crippen LogP) is 2.02. The van der Waals surface area contributed by atoms with Crippen molar-refractivity contribution < 1.29 is 4.79 Å². The summed E-state index contributed by atoms with van der Waals surface area (Å²) < 4.78 is 0. The van der Waals surface area contributed by atoms with Crippen LogP contribution >= 0.6 is 0 Å². The molecule has 0 radical (unpaired) electrons. The standard InChI is InChI=1S/C13H26N2O/c1-4-5-13(16)14-10-12(3)15-8-6-11(2)7-9-15/h11-12H,4-10H2,1-3H3,(H,14,16). The van der Waals surface area contributed by atoms with Crippen LogP contribution in [0.3, 0.4) is 0 Å². The lowest BCUT2D eigenvalue weighted by molar-refractivity contribution is -0.121. The van der Waals surface area contributed by atoms with Crippen molar-refractivity contribution in [3.63, 3.8) is 0 Å². The normalized spacial score (nSPS) is 20.7.